The molecule has 0 aliphatic heterocycles. The normalized spacial score (nSPS) is 12.9. The standard InChI is InChI=1S/C10H16N2/c1-8(12-2)10-6-4-3-5-9(10)7-11/h3-6,8,12H,7,11H2,1-2H3. The third-order valence-corrected chi connectivity index (χ3v) is 2.17. The number of hydrogen-bond acceptors (Lipinski definition) is 2. The smallest absolute Gasteiger partial charge is 0.0292 e. The Labute approximate surface area is 73.8 Å². The van der Waals surface area contributed by atoms with E-state index in [2.05, 4.69) is 24.4 Å². The van der Waals surface area contributed by atoms with E-state index in [4.69, 9.17) is 5.73 Å². The zero-order valence-corrected chi connectivity index (χ0v) is 7.67. The predicted octanol–water partition coefficient (Wildman–Crippen LogP) is 1.43. The Kier molecular flexibility index (Phi) is 3.26. The zero-order chi connectivity index (χ0) is 8.97. The second-order valence-electron chi connectivity index (χ2n) is 2.91. The van der Waals surface area contributed by atoms with Gasteiger partial charge in [-0.3, -0.25) is 0 Å². The van der Waals surface area contributed by atoms with Gasteiger partial charge in [0.15, 0.2) is 0 Å². The monoisotopic (exact) mass is 164 g/mol. The Morgan fingerprint density at radius 2 is 2.08 bits per heavy atom. The van der Waals surface area contributed by atoms with Crippen LogP contribution in [0.5, 0.6) is 0 Å². The van der Waals surface area contributed by atoms with Crippen molar-refractivity contribution in [3.8, 4) is 0 Å². The molecule has 2 heteroatoms. The van der Waals surface area contributed by atoms with Crippen molar-refractivity contribution in [2.24, 2.45) is 5.73 Å². The maximum atomic E-state index is 5.62. The molecule has 0 bridgehead atoms. The molecule has 0 saturated heterocycles. The summed E-state index contributed by atoms with van der Waals surface area (Å²) in [6, 6.07) is 8.63. The molecular weight excluding hydrogens is 148 g/mol. The number of rotatable bonds is 3. The summed E-state index contributed by atoms with van der Waals surface area (Å²) in [5, 5.41) is 3.20. The first-order valence-electron chi connectivity index (χ1n) is 4.24. The van der Waals surface area contributed by atoms with Gasteiger partial charge in [0.1, 0.15) is 0 Å². The largest absolute Gasteiger partial charge is 0.326 e. The fraction of sp³-hybridized carbons (Fsp3) is 0.400. The molecule has 0 saturated carbocycles. The highest BCUT2D eigenvalue weighted by Crippen LogP contribution is 2.16. The highest BCUT2D eigenvalue weighted by atomic mass is 14.9. The van der Waals surface area contributed by atoms with E-state index < -0.39 is 0 Å². The van der Waals surface area contributed by atoms with Crippen LogP contribution >= 0.6 is 0 Å². The van der Waals surface area contributed by atoms with Crippen molar-refractivity contribution in [2.45, 2.75) is 19.5 Å². The molecule has 1 atom stereocenters. The number of nitrogens with two attached hydrogens (primary N) is 1. The maximum absolute atomic E-state index is 5.62. The van der Waals surface area contributed by atoms with E-state index in [9.17, 15) is 0 Å². The van der Waals surface area contributed by atoms with Crippen LogP contribution in [0.3, 0.4) is 0 Å². The van der Waals surface area contributed by atoms with Crippen LogP contribution in [0.1, 0.15) is 24.1 Å². The van der Waals surface area contributed by atoms with E-state index in [1.165, 1.54) is 11.1 Å². The summed E-state index contributed by atoms with van der Waals surface area (Å²) in [4.78, 5) is 0. The van der Waals surface area contributed by atoms with Crippen LogP contribution in [0.2, 0.25) is 0 Å². The van der Waals surface area contributed by atoms with Crippen LogP contribution in [-0.4, -0.2) is 7.05 Å². The lowest BCUT2D eigenvalue weighted by Gasteiger charge is -2.14. The van der Waals surface area contributed by atoms with E-state index in [1.807, 2.05) is 19.2 Å². The van der Waals surface area contributed by atoms with E-state index >= 15 is 0 Å². The first kappa shape index (κ1) is 9.23. The van der Waals surface area contributed by atoms with Crippen molar-refractivity contribution >= 4 is 0 Å². The van der Waals surface area contributed by atoms with Crippen molar-refractivity contribution in [3.63, 3.8) is 0 Å². The van der Waals surface area contributed by atoms with Gasteiger partial charge in [0.2, 0.25) is 0 Å². The highest BCUT2D eigenvalue weighted by Gasteiger charge is 2.05. The van der Waals surface area contributed by atoms with Crippen molar-refractivity contribution < 1.29 is 0 Å². The van der Waals surface area contributed by atoms with Crippen molar-refractivity contribution in [3.05, 3.63) is 35.4 Å². The summed E-state index contributed by atoms with van der Waals surface area (Å²) in [5.41, 5.74) is 8.13. The topological polar surface area (TPSA) is 38.0 Å². The predicted molar refractivity (Wildman–Crippen MR) is 51.8 cm³/mol. The molecule has 0 aromatic heterocycles. The van der Waals surface area contributed by atoms with Gasteiger partial charge in [-0.2, -0.15) is 0 Å². The minimum atomic E-state index is 0.379. The molecule has 0 fully saturated rings. The zero-order valence-electron chi connectivity index (χ0n) is 7.67. The second-order valence-corrected chi connectivity index (χ2v) is 2.91. The number of hydrogen-bond donors (Lipinski definition) is 2. The van der Waals surface area contributed by atoms with Gasteiger partial charge < -0.3 is 11.1 Å². The van der Waals surface area contributed by atoms with Gasteiger partial charge >= 0.3 is 0 Å². The molecular formula is C10H16N2. The van der Waals surface area contributed by atoms with Gasteiger partial charge in [-0.15, -0.1) is 0 Å². The highest BCUT2D eigenvalue weighted by molar-refractivity contribution is 5.29. The van der Waals surface area contributed by atoms with Crippen molar-refractivity contribution in [2.75, 3.05) is 7.05 Å². The minimum absolute atomic E-state index is 0.379. The molecule has 1 unspecified atom stereocenters. The van der Waals surface area contributed by atoms with Gasteiger partial charge in [0.05, 0.1) is 0 Å². The Morgan fingerprint density at radius 3 is 2.67 bits per heavy atom. The fourth-order valence-electron chi connectivity index (χ4n) is 1.30. The third-order valence-electron chi connectivity index (χ3n) is 2.17. The second kappa shape index (κ2) is 4.24. The summed E-state index contributed by atoms with van der Waals surface area (Å²) in [6.45, 7) is 2.75. The lowest BCUT2D eigenvalue weighted by molar-refractivity contribution is 0.645. The average Bonchev–Trinajstić information content (AvgIpc) is 2.16. The van der Waals surface area contributed by atoms with Crippen LogP contribution in [-0.2, 0) is 6.54 Å². The van der Waals surface area contributed by atoms with Crippen LogP contribution < -0.4 is 11.1 Å². The summed E-state index contributed by atoms with van der Waals surface area (Å²) in [7, 11) is 1.96. The lowest BCUT2D eigenvalue weighted by Crippen LogP contribution is -2.15. The maximum Gasteiger partial charge on any atom is 0.0292 e. The Balaban J connectivity index is 2.96. The molecule has 0 amide bonds. The molecule has 1 rings (SSSR count). The van der Waals surface area contributed by atoms with Crippen LogP contribution in [0.4, 0.5) is 0 Å². The molecule has 1 aromatic rings. The van der Waals surface area contributed by atoms with E-state index in [0.717, 1.165) is 0 Å². The van der Waals surface area contributed by atoms with E-state index in [1.54, 1.807) is 0 Å². The quantitative estimate of drug-likeness (QED) is 0.709. The fourth-order valence-corrected chi connectivity index (χ4v) is 1.30. The Hall–Kier alpha value is -0.860. The number of benzene rings is 1. The Morgan fingerprint density at radius 1 is 1.42 bits per heavy atom. The average molecular weight is 164 g/mol. The molecule has 2 nitrogen and oxygen atoms in total. The minimum Gasteiger partial charge on any atom is -0.326 e. The molecule has 1 aromatic carbocycles. The summed E-state index contributed by atoms with van der Waals surface area (Å²) in [5.74, 6) is 0. The molecule has 0 aliphatic rings. The number of nitrogens with one attached hydrogen (secondary N) is 1. The van der Waals surface area contributed by atoms with Gasteiger partial charge in [-0.25, -0.2) is 0 Å². The molecule has 12 heavy (non-hydrogen) atoms. The van der Waals surface area contributed by atoms with Crippen LogP contribution in [0.25, 0.3) is 0 Å². The van der Waals surface area contributed by atoms with Crippen molar-refractivity contribution in [1.29, 1.82) is 0 Å². The third kappa shape index (κ3) is 1.84. The molecule has 0 aliphatic carbocycles. The van der Waals surface area contributed by atoms with Crippen molar-refractivity contribution in [1.82, 2.24) is 5.32 Å². The summed E-state index contributed by atoms with van der Waals surface area (Å²) < 4.78 is 0. The SMILES string of the molecule is CNC(C)c1ccccc1CN. The summed E-state index contributed by atoms with van der Waals surface area (Å²) in [6.07, 6.45) is 0. The molecule has 0 heterocycles. The van der Waals surface area contributed by atoms with E-state index in [-0.39, 0.29) is 0 Å². The molecule has 0 spiro atoms. The van der Waals surface area contributed by atoms with Gasteiger partial charge in [0, 0.05) is 12.6 Å². The molecule has 66 valence electrons. The molecule has 0 radical (unpaired) electrons. The van der Waals surface area contributed by atoms with Gasteiger partial charge in [0.25, 0.3) is 0 Å². The van der Waals surface area contributed by atoms with Crippen LogP contribution in [0, 0.1) is 0 Å². The molecule has 3 N–H and O–H groups in total. The Bertz CT molecular complexity index is 245. The first-order chi connectivity index (χ1) is 5.79. The first-order valence-corrected chi connectivity index (χ1v) is 4.24. The van der Waals surface area contributed by atoms with Gasteiger partial charge in [-0.1, -0.05) is 24.3 Å². The van der Waals surface area contributed by atoms with Gasteiger partial charge in [-0.05, 0) is 25.1 Å². The van der Waals surface area contributed by atoms with E-state index in [0.29, 0.717) is 12.6 Å². The summed E-state index contributed by atoms with van der Waals surface area (Å²) >= 11 is 0. The lowest BCUT2D eigenvalue weighted by atomic mass is 10.0. The van der Waals surface area contributed by atoms with Crippen LogP contribution in [0.15, 0.2) is 24.3 Å².